The fourth-order valence-corrected chi connectivity index (χ4v) is 6.04. The summed E-state index contributed by atoms with van der Waals surface area (Å²) in [7, 11) is 0. The number of hydrogen-bond acceptors (Lipinski definition) is 8. The van der Waals surface area contributed by atoms with Crippen molar-refractivity contribution in [3.63, 3.8) is 0 Å². The fraction of sp³-hybridized carbons (Fsp3) is 0.133. The molecule has 1 saturated heterocycles. The molecule has 1 aromatic heterocycles. The minimum Gasteiger partial charge on any atom is -0.507 e. The molecule has 0 saturated carbocycles. The van der Waals surface area contributed by atoms with Gasteiger partial charge in [-0.3, -0.25) is 14.5 Å². The number of benzene rings is 3. The van der Waals surface area contributed by atoms with Gasteiger partial charge in [-0.25, -0.2) is 0 Å². The van der Waals surface area contributed by atoms with E-state index >= 15 is 0 Å². The second-order valence-electron chi connectivity index (χ2n) is 8.83. The van der Waals surface area contributed by atoms with Gasteiger partial charge in [-0.05, 0) is 30.2 Å². The molecule has 3 aromatic carbocycles. The molecule has 0 aliphatic carbocycles. The summed E-state index contributed by atoms with van der Waals surface area (Å²) in [6.07, 6.45) is 1.63. The van der Waals surface area contributed by atoms with E-state index in [0.29, 0.717) is 33.6 Å². The molecule has 39 heavy (non-hydrogen) atoms. The van der Waals surface area contributed by atoms with Gasteiger partial charge in [0.1, 0.15) is 18.1 Å². The number of carbonyl (C=O) groups excluding carboxylic acids is 2. The maximum atomic E-state index is 13.4. The minimum atomic E-state index is -0.916. The van der Waals surface area contributed by atoms with Crippen molar-refractivity contribution in [3.05, 3.63) is 119 Å². The predicted octanol–water partition coefficient (Wildman–Crippen LogP) is 6.33. The van der Waals surface area contributed by atoms with Crippen LogP contribution in [0.1, 0.15) is 28.3 Å². The zero-order valence-electron chi connectivity index (χ0n) is 21.1. The summed E-state index contributed by atoms with van der Waals surface area (Å²) in [5, 5.41) is 20.1. The molecule has 2 heterocycles. The third-order valence-electron chi connectivity index (χ3n) is 6.12. The predicted molar refractivity (Wildman–Crippen MR) is 154 cm³/mol. The Bertz CT molecular complexity index is 1550. The van der Waals surface area contributed by atoms with Gasteiger partial charge < -0.3 is 9.84 Å². The number of Topliss-reactive ketones (excluding diaryl/α,β-unsaturated/α-hetero) is 1. The summed E-state index contributed by atoms with van der Waals surface area (Å²) >= 11 is 2.73. The van der Waals surface area contributed by atoms with Gasteiger partial charge in [-0.1, -0.05) is 108 Å². The molecule has 1 aliphatic heterocycles. The molecule has 196 valence electrons. The minimum absolute atomic E-state index is 0.0175. The van der Waals surface area contributed by atoms with E-state index in [1.165, 1.54) is 33.6 Å². The molecule has 0 radical (unpaired) electrons. The summed E-state index contributed by atoms with van der Waals surface area (Å²) in [4.78, 5) is 28.1. The topological polar surface area (TPSA) is 92.6 Å². The Labute approximate surface area is 234 Å². The van der Waals surface area contributed by atoms with Crippen LogP contribution in [-0.4, -0.2) is 33.6 Å². The van der Waals surface area contributed by atoms with E-state index in [1.54, 1.807) is 54.6 Å². The highest BCUT2D eigenvalue weighted by Gasteiger charge is 2.48. The maximum absolute atomic E-state index is 13.4. The van der Waals surface area contributed by atoms with Crippen molar-refractivity contribution in [3.8, 4) is 5.75 Å². The second kappa shape index (κ2) is 11.7. The van der Waals surface area contributed by atoms with Gasteiger partial charge in [0.25, 0.3) is 5.78 Å². The second-order valence-corrected chi connectivity index (χ2v) is 11.0. The quantitative estimate of drug-likeness (QED) is 0.0644. The number of aromatic nitrogens is 2. The van der Waals surface area contributed by atoms with Gasteiger partial charge in [0.15, 0.2) is 4.34 Å². The number of carbonyl (C=O) groups is 2. The molecule has 1 fully saturated rings. The summed E-state index contributed by atoms with van der Waals surface area (Å²) in [5.74, 6) is -0.584. The molecular weight excluding hydrogens is 530 g/mol. The first-order valence-electron chi connectivity index (χ1n) is 12.2. The molecule has 4 aromatic rings. The van der Waals surface area contributed by atoms with Crippen molar-refractivity contribution in [1.29, 1.82) is 0 Å². The Morgan fingerprint density at radius 3 is 2.59 bits per heavy atom. The molecule has 7 nitrogen and oxygen atoms in total. The van der Waals surface area contributed by atoms with Crippen LogP contribution in [0.5, 0.6) is 5.75 Å². The van der Waals surface area contributed by atoms with Crippen LogP contribution in [0, 0.1) is 6.92 Å². The Balaban J connectivity index is 1.54. The average Bonchev–Trinajstić information content (AvgIpc) is 3.53. The van der Waals surface area contributed by atoms with Crippen LogP contribution in [0.3, 0.4) is 0 Å². The first-order valence-corrected chi connectivity index (χ1v) is 14.0. The third kappa shape index (κ3) is 5.64. The standard InChI is InChI=1S/C30H25N3O4S2/c1-3-16-37-23-11-7-10-22(17-23)25-24(26(34)21-8-5-4-6-9-21)27(35)28(36)33(25)29-31-32-30(39-29)38-18-20-14-12-19(2)13-15-20/h3-15,17,25,34H,1,16,18H2,2H3. The molecule has 1 N–H and O–H groups in total. The number of aliphatic hydroxyl groups excluding tert-OH is 1. The van der Waals surface area contributed by atoms with E-state index in [4.69, 9.17) is 4.74 Å². The van der Waals surface area contributed by atoms with E-state index in [9.17, 15) is 14.7 Å². The maximum Gasteiger partial charge on any atom is 0.301 e. The zero-order valence-corrected chi connectivity index (χ0v) is 22.7. The van der Waals surface area contributed by atoms with Crippen molar-refractivity contribution in [1.82, 2.24) is 10.2 Å². The van der Waals surface area contributed by atoms with Crippen molar-refractivity contribution in [2.24, 2.45) is 0 Å². The lowest BCUT2D eigenvalue weighted by Gasteiger charge is -2.23. The van der Waals surface area contributed by atoms with Gasteiger partial charge in [0.2, 0.25) is 5.13 Å². The molecule has 0 bridgehead atoms. The normalized spacial score (nSPS) is 16.4. The lowest BCUT2D eigenvalue weighted by Crippen LogP contribution is -2.29. The number of rotatable bonds is 9. The van der Waals surface area contributed by atoms with Gasteiger partial charge in [-0.2, -0.15) is 0 Å². The number of nitrogens with zero attached hydrogens (tertiary/aromatic N) is 3. The van der Waals surface area contributed by atoms with E-state index in [0.717, 1.165) is 5.56 Å². The number of anilines is 1. The Hall–Kier alpha value is -4.21. The van der Waals surface area contributed by atoms with Gasteiger partial charge >= 0.3 is 5.91 Å². The van der Waals surface area contributed by atoms with Gasteiger partial charge in [-0.15, -0.1) is 10.2 Å². The fourth-order valence-electron chi connectivity index (χ4n) is 4.21. The highest BCUT2D eigenvalue weighted by Crippen LogP contribution is 2.44. The van der Waals surface area contributed by atoms with Crippen LogP contribution in [-0.2, 0) is 15.3 Å². The van der Waals surface area contributed by atoms with E-state index < -0.39 is 17.7 Å². The monoisotopic (exact) mass is 555 g/mol. The van der Waals surface area contributed by atoms with Crippen molar-refractivity contribution in [2.75, 3.05) is 11.5 Å². The van der Waals surface area contributed by atoms with Crippen molar-refractivity contribution in [2.45, 2.75) is 23.1 Å². The van der Waals surface area contributed by atoms with Gasteiger partial charge in [0.05, 0.1) is 11.6 Å². The number of aliphatic hydroxyl groups is 1. The summed E-state index contributed by atoms with van der Waals surface area (Å²) in [6, 6.07) is 23.1. The smallest absolute Gasteiger partial charge is 0.301 e. The van der Waals surface area contributed by atoms with Crippen molar-refractivity contribution >= 4 is 45.7 Å². The summed E-state index contributed by atoms with van der Waals surface area (Å²) in [6.45, 7) is 6.01. The zero-order chi connectivity index (χ0) is 27.4. The lowest BCUT2D eigenvalue weighted by atomic mass is 9.95. The average molecular weight is 556 g/mol. The third-order valence-corrected chi connectivity index (χ3v) is 8.25. The number of ketones is 1. The molecule has 1 unspecified atom stereocenters. The number of hydrogen-bond donors (Lipinski definition) is 1. The van der Waals surface area contributed by atoms with Gasteiger partial charge in [0, 0.05) is 11.3 Å². The molecule has 1 aliphatic rings. The summed E-state index contributed by atoms with van der Waals surface area (Å²) < 4.78 is 6.37. The lowest BCUT2D eigenvalue weighted by molar-refractivity contribution is -0.132. The molecule has 9 heteroatoms. The number of thioether (sulfide) groups is 1. The van der Waals surface area contributed by atoms with E-state index in [-0.39, 0.29) is 16.5 Å². The largest absolute Gasteiger partial charge is 0.507 e. The van der Waals surface area contributed by atoms with Crippen LogP contribution in [0.25, 0.3) is 5.76 Å². The first-order chi connectivity index (χ1) is 19.0. The summed E-state index contributed by atoms with van der Waals surface area (Å²) in [5.41, 5.74) is 3.34. The number of ether oxygens (including phenoxy) is 1. The Morgan fingerprint density at radius 2 is 1.85 bits per heavy atom. The molecule has 1 amide bonds. The highest BCUT2D eigenvalue weighted by molar-refractivity contribution is 8.00. The van der Waals surface area contributed by atoms with Crippen LogP contribution < -0.4 is 9.64 Å². The van der Waals surface area contributed by atoms with Crippen LogP contribution in [0.15, 0.2) is 101 Å². The SMILES string of the molecule is C=CCOc1cccc(C2C(=C(O)c3ccccc3)C(=O)C(=O)N2c2nnc(SCc3ccc(C)cc3)s2)c1. The highest BCUT2D eigenvalue weighted by atomic mass is 32.2. The Kier molecular flexibility index (Phi) is 7.90. The number of amides is 1. The molecular formula is C30H25N3O4S2. The van der Waals surface area contributed by atoms with Crippen LogP contribution >= 0.6 is 23.1 Å². The molecule has 5 rings (SSSR count). The molecule has 0 spiro atoms. The number of aryl methyl sites for hydroxylation is 1. The first kappa shape index (κ1) is 26.4. The van der Waals surface area contributed by atoms with Crippen LogP contribution in [0.4, 0.5) is 5.13 Å². The van der Waals surface area contributed by atoms with E-state index in [1.807, 2.05) is 13.0 Å². The van der Waals surface area contributed by atoms with Crippen LogP contribution in [0.2, 0.25) is 0 Å². The van der Waals surface area contributed by atoms with E-state index in [2.05, 4.69) is 41.0 Å². The molecule has 1 atom stereocenters. The van der Waals surface area contributed by atoms with Crippen molar-refractivity contribution < 1.29 is 19.4 Å². The Morgan fingerprint density at radius 1 is 1.08 bits per heavy atom.